The number of H-pyrrole nitrogens is 2. The molecule has 4 fully saturated rings. The quantitative estimate of drug-likeness (QED) is 0.107. The zero-order valence-electron chi connectivity index (χ0n) is 36.9. The molecule has 4 N–H and O–H groups in total. The first kappa shape index (κ1) is 42.8. The summed E-state index contributed by atoms with van der Waals surface area (Å²) in [5.41, 5.74) is 5.92. The van der Waals surface area contributed by atoms with Gasteiger partial charge >= 0.3 is 12.2 Å². The molecule has 1 saturated carbocycles. The summed E-state index contributed by atoms with van der Waals surface area (Å²) in [6, 6.07) is 25.4. The number of nitrogens with zero attached hydrogens (tertiary/aromatic N) is 4. The molecule has 5 heterocycles. The normalized spacial score (nSPS) is 21.3. The van der Waals surface area contributed by atoms with Gasteiger partial charge in [0.25, 0.3) is 5.91 Å². The summed E-state index contributed by atoms with van der Waals surface area (Å²) in [5.74, 6) is 8.07. The molecule has 4 amide bonds. The van der Waals surface area contributed by atoms with Gasteiger partial charge in [-0.25, -0.2) is 19.6 Å². The van der Waals surface area contributed by atoms with Crippen molar-refractivity contribution in [2.75, 3.05) is 34.0 Å². The Kier molecular flexibility index (Phi) is 11.9. The van der Waals surface area contributed by atoms with Crippen LogP contribution in [0.5, 0.6) is 0 Å². The summed E-state index contributed by atoms with van der Waals surface area (Å²) >= 11 is 0. The molecule has 2 bridgehead atoms. The van der Waals surface area contributed by atoms with E-state index in [1.165, 1.54) is 14.2 Å². The van der Waals surface area contributed by atoms with Crippen LogP contribution in [0.4, 0.5) is 9.59 Å². The van der Waals surface area contributed by atoms with E-state index in [-0.39, 0.29) is 41.8 Å². The highest BCUT2D eigenvalue weighted by Crippen LogP contribution is 2.50. The van der Waals surface area contributed by atoms with E-state index in [2.05, 4.69) is 50.6 Å². The average molecular weight is 889 g/mol. The number of imidazole rings is 2. The predicted octanol–water partition coefficient (Wildman–Crippen LogP) is 7.47. The van der Waals surface area contributed by atoms with Crippen molar-refractivity contribution < 1.29 is 33.4 Å². The van der Waals surface area contributed by atoms with E-state index in [0.717, 1.165) is 82.1 Å². The van der Waals surface area contributed by atoms with Crippen LogP contribution >= 0.6 is 0 Å². The van der Waals surface area contributed by atoms with Crippen molar-refractivity contribution in [1.29, 1.82) is 0 Å². The highest BCUT2D eigenvalue weighted by atomic mass is 16.5. The lowest BCUT2D eigenvalue weighted by Crippen LogP contribution is -2.55. The monoisotopic (exact) mass is 888 g/mol. The molecular formula is C51H52N8O7. The van der Waals surface area contributed by atoms with E-state index in [4.69, 9.17) is 24.2 Å². The molecule has 6 aromatic rings. The van der Waals surface area contributed by atoms with Gasteiger partial charge in [-0.3, -0.25) is 9.59 Å². The van der Waals surface area contributed by atoms with E-state index in [0.29, 0.717) is 44.0 Å². The van der Waals surface area contributed by atoms with Crippen LogP contribution in [0.25, 0.3) is 33.1 Å². The van der Waals surface area contributed by atoms with Gasteiger partial charge in [0.2, 0.25) is 5.91 Å². The molecule has 3 aliphatic heterocycles. The molecule has 3 saturated heterocycles. The van der Waals surface area contributed by atoms with Crippen molar-refractivity contribution in [3.8, 4) is 23.1 Å². The highest BCUT2D eigenvalue weighted by Gasteiger charge is 2.52. The van der Waals surface area contributed by atoms with Crippen molar-refractivity contribution in [3.63, 3.8) is 0 Å². The third-order valence-corrected chi connectivity index (χ3v) is 13.9. The number of hydrogen-bond donors (Lipinski definition) is 4. The van der Waals surface area contributed by atoms with Gasteiger partial charge in [0.05, 0.1) is 49.2 Å². The maximum atomic E-state index is 14.5. The van der Waals surface area contributed by atoms with Crippen LogP contribution in [-0.2, 0) is 23.8 Å². The summed E-state index contributed by atoms with van der Waals surface area (Å²) in [4.78, 5) is 73.8. The van der Waals surface area contributed by atoms with Gasteiger partial charge in [-0.2, -0.15) is 0 Å². The zero-order chi connectivity index (χ0) is 45.3. The second-order valence-corrected chi connectivity index (χ2v) is 17.7. The fourth-order valence-corrected chi connectivity index (χ4v) is 10.6. The Bertz CT molecular complexity index is 2840. The summed E-state index contributed by atoms with van der Waals surface area (Å²) < 4.78 is 15.4. The summed E-state index contributed by atoms with van der Waals surface area (Å²) in [6.45, 7) is 1.67. The number of alkyl carbamates (subject to hydrolysis) is 2. The number of aromatic amines is 2. The Labute approximate surface area is 382 Å². The van der Waals surface area contributed by atoms with Crippen LogP contribution < -0.4 is 10.6 Å². The van der Waals surface area contributed by atoms with Gasteiger partial charge in [-0.1, -0.05) is 66.4 Å². The van der Waals surface area contributed by atoms with E-state index < -0.39 is 24.3 Å². The fourth-order valence-electron chi connectivity index (χ4n) is 10.6. The van der Waals surface area contributed by atoms with Crippen LogP contribution in [0, 0.1) is 23.7 Å². The van der Waals surface area contributed by atoms with Gasteiger partial charge in [0.1, 0.15) is 23.7 Å². The number of methoxy groups -OCH3 is 2. The molecule has 0 radical (unpaired) electrons. The smallest absolute Gasteiger partial charge is 0.407 e. The number of rotatable bonds is 9. The molecule has 6 unspecified atom stereocenters. The number of amides is 4. The molecule has 338 valence electrons. The van der Waals surface area contributed by atoms with E-state index in [9.17, 15) is 19.2 Å². The molecule has 0 spiro atoms. The van der Waals surface area contributed by atoms with Crippen LogP contribution in [0.3, 0.4) is 0 Å². The minimum Gasteiger partial charge on any atom is -0.453 e. The number of nitrogens with one attached hydrogen (secondary N) is 4. The van der Waals surface area contributed by atoms with Gasteiger partial charge in [-0.05, 0) is 104 Å². The topological polar surface area (TPSA) is 184 Å². The molecule has 10 rings (SSSR count). The molecule has 2 aromatic heterocycles. The minimum absolute atomic E-state index is 0.0350. The first-order chi connectivity index (χ1) is 32.3. The lowest BCUT2D eigenvalue weighted by molar-refractivity contribution is -0.140. The maximum Gasteiger partial charge on any atom is 0.407 e. The molecule has 15 nitrogen and oxygen atoms in total. The third kappa shape index (κ3) is 8.33. The average Bonchev–Trinajstić information content (AvgIpc) is 4.23. The molecular weight excluding hydrogens is 837 g/mol. The van der Waals surface area contributed by atoms with Crippen molar-refractivity contribution in [2.45, 2.75) is 75.2 Å². The second-order valence-electron chi connectivity index (χ2n) is 17.7. The Morgan fingerprint density at radius 3 is 2.35 bits per heavy atom. The number of ether oxygens (including phenoxy) is 3. The Morgan fingerprint density at radius 1 is 0.803 bits per heavy atom. The number of fused-ring (bicyclic) bond motifs is 5. The fraction of sp³-hybridized carbons (Fsp3) is 0.373. The Balaban J connectivity index is 0.835. The van der Waals surface area contributed by atoms with E-state index in [1.54, 1.807) is 11.1 Å². The standard InChI is InChI=1S/C51H52N8O7/c1-64-50(62)56-42(33-7-4-3-5-8-33)48(60)58-24-6-9-41(58)46-52-29-40(54-46)32-15-12-30(13-16-32)10-11-31-14-20-38-35(27-31)18-21-39-44(38)55-47(53-39)45-36-17-19-37(28-36)59(45)49(61)43(57-51(63)65-2)34-22-25-66-26-23-34/h3-5,7-8,12-16,18,20-21,27,29,34,36-37,41-43,45H,6,9,17,19,22-26,28H2,1-2H3,(H,52,54)(H,53,55)(H,56,62)(H,57,63). The van der Waals surface area contributed by atoms with Crippen LogP contribution in [0.1, 0.15) is 91.4 Å². The summed E-state index contributed by atoms with van der Waals surface area (Å²) in [7, 11) is 2.60. The number of aromatic nitrogens is 4. The predicted molar refractivity (Wildman–Crippen MR) is 246 cm³/mol. The molecule has 6 atom stereocenters. The molecule has 4 aliphatic rings. The molecule has 66 heavy (non-hydrogen) atoms. The van der Waals surface area contributed by atoms with Gasteiger partial charge in [0.15, 0.2) is 0 Å². The largest absolute Gasteiger partial charge is 0.453 e. The highest BCUT2D eigenvalue weighted by molar-refractivity contribution is 6.04. The number of piperidine rings is 1. The molecule has 15 heteroatoms. The summed E-state index contributed by atoms with van der Waals surface area (Å²) in [6.07, 6.45) is 6.34. The summed E-state index contributed by atoms with van der Waals surface area (Å²) in [5, 5.41) is 7.60. The van der Waals surface area contributed by atoms with Crippen molar-refractivity contribution >= 4 is 45.8 Å². The first-order valence-electron chi connectivity index (χ1n) is 22.8. The zero-order valence-corrected chi connectivity index (χ0v) is 36.9. The lowest BCUT2D eigenvalue weighted by atomic mass is 9.89. The molecule has 1 aliphatic carbocycles. The second kappa shape index (κ2) is 18.4. The molecule has 4 aromatic carbocycles. The van der Waals surface area contributed by atoms with Gasteiger partial charge in [-0.15, -0.1) is 0 Å². The van der Waals surface area contributed by atoms with E-state index in [1.807, 2.05) is 71.6 Å². The van der Waals surface area contributed by atoms with E-state index >= 15 is 0 Å². The van der Waals surface area contributed by atoms with Gasteiger partial charge in [0, 0.05) is 42.3 Å². The number of likely N-dealkylation sites (tertiary alicyclic amines) is 2. The van der Waals surface area contributed by atoms with Crippen molar-refractivity contribution in [2.24, 2.45) is 11.8 Å². The van der Waals surface area contributed by atoms with Crippen LogP contribution in [-0.4, -0.2) is 99.8 Å². The van der Waals surface area contributed by atoms with Crippen molar-refractivity contribution in [3.05, 3.63) is 119 Å². The van der Waals surface area contributed by atoms with Crippen molar-refractivity contribution in [1.82, 2.24) is 40.4 Å². The van der Waals surface area contributed by atoms with Crippen LogP contribution in [0.15, 0.2) is 91.1 Å². The Hall–Kier alpha value is -7.18. The van der Waals surface area contributed by atoms with Crippen LogP contribution in [0.2, 0.25) is 0 Å². The number of carbonyl (C=O) groups is 4. The number of carbonyl (C=O) groups excluding carboxylic acids is 4. The number of benzene rings is 4. The third-order valence-electron chi connectivity index (χ3n) is 13.9. The number of hydrogen-bond acceptors (Lipinski definition) is 9. The maximum absolute atomic E-state index is 14.5. The minimum atomic E-state index is -0.887. The lowest BCUT2D eigenvalue weighted by Gasteiger charge is -2.39. The van der Waals surface area contributed by atoms with Gasteiger partial charge < -0.3 is 44.6 Å². The first-order valence-corrected chi connectivity index (χ1v) is 22.8. The Morgan fingerprint density at radius 2 is 1.56 bits per heavy atom. The SMILES string of the molecule is COC(=O)NC(C(=O)N1CCCC1c1ncc(-c2ccc(C#Cc3ccc4c(ccc5[nH]c(C6C7CCC(C7)N6C(=O)C(NC(=O)OC)C6CCOCC6)nc54)c3)cc2)[nH]1)c1ccccc1.